The third kappa shape index (κ3) is 1.93. The van der Waals surface area contributed by atoms with Gasteiger partial charge in [-0.3, -0.25) is 4.79 Å². The van der Waals surface area contributed by atoms with E-state index in [1.54, 1.807) is 18.2 Å². The van der Waals surface area contributed by atoms with Crippen molar-refractivity contribution in [3.63, 3.8) is 0 Å². The van der Waals surface area contributed by atoms with Gasteiger partial charge in [-0.05, 0) is 31.2 Å². The quantitative estimate of drug-likeness (QED) is 0.665. The molecule has 4 heteroatoms. The van der Waals surface area contributed by atoms with Crippen molar-refractivity contribution in [3.05, 3.63) is 41.1 Å². The van der Waals surface area contributed by atoms with E-state index in [0.29, 0.717) is 5.56 Å². The number of carbonyl (C=O) groups excluding carboxylic acids is 1. The Morgan fingerprint density at radius 1 is 1.39 bits per heavy atom. The Morgan fingerprint density at radius 2 is 2.11 bits per heavy atom. The highest BCUT2D eigenvalue weighted by atomic mass is 16.4. The number of rotatable bonds is 3. The summed E-state index contributed by atoms with van der Waals surface area (Å²) in [5, 5.41) is 9.58. The first-order valence-electron chi connectivity index (χ1n) is 5.50. The molecule has 0 aliphatic carbocycles. The van der Waals surface area contributed by atoms with Crippen LogP contribution in [0.4, 0.5) is 0 Å². The number of carboxylic acid groups (broad SMARTS) is 1. The van der Waals surface area contributed by atoms with Gasteiger partial charge in [-0.1, -0.05) is 0 Å². The fraction of sp³-hybridized carbons (Fsp3) is 0.143. The second-order valence-electron chi connectivity index (χ2n) is 4.12. The lowest BCUT2D eigenvalue weighted by molar-refractivity contribution is -0.131. The van der Waals surface area contributed by atoms with Crippen LogP contribution in [0.15, 0.2) is 24.3 Å². The summed E-state index contributed by atoms with van der Waals surface area (Å²) in [5.74, 6) is -0.988. The molecule has 92 valence electrons. The van der Waals surface area contributed by atoms with Crippen LogP contribution in [-0.4, -0.2) is 21.9 Å². The summed E-state index contributed by atoms with van der Waals surface area (Å²) < 4.78 is 1.98. The largest absolute Gasteiger partial charge is 0.478 e. The van der Waals surface area contributed by atoms with Crippen molar-refractivity contribution in [2.45, 2.75) is 6.92 Å². The average molecular weight is 243 g/mol. The monoisotopic (exact) mass is 243 g/mol. The van der Waals surface area contributed by atoms with Crippen molar-refractivity contribution in [1.82, 2.24) is 4.57 Å². The van der Waals surface area contributed by atoms with Crippen molar-refractivity contribution in [2.24, 2.45) is 7.05 Å². The van der Waals surface area contributed by atoms with Crippen LogP contribution in [0.3, 0.4) is 0 Å². The van der Waals surface area contributed by atoms with Crippen LogP contribution in [0.25, 0.3) is 17.0 Å². The maximum Gasteiger partial charge on any atom is 0.328 e. The molecule has 1 heterocycles. The average Bonchev–Trinajstić information content (AvgIpc) is 2.59. The lowest BCUT2D eigenvalue weighted by atomic mass is 10.1. The van der Waals surface area contributed by atoms with E-state index >= 15 is 0 Å². The molecule has 18 heavy (non-hydrogen) atoms. The summed E-state index contributed by atoms with van der Waals surface area (Å²) in [4.78, 5) is 21.4. The molecule has 0 aliphatic heterocycles. The van der Waals surface area contributed by atoms with Gasteiger partial charge in [0.05, 0.1) is 0 Å². The highest BCUT2D eigenvalue weighted by Crippen LogP contribution is 2.26. The summed E-state index contributed by atoms with van der Waals surface area (Å²) in [7, 11) is 1.91. The molecule has 0 saturated carbocycles. The standard InChI is InChI=1S/C14H13NO3/c1-9-11(4-6-14(17)18)12-7-10(8-16)3-5-13(12)15(9)2/h3-8H,1-2H3,(H,17,18)/b6-4+. The molecule has 2 rings (SSSR count). The molecule has 0 unspecified atom stereocenters. The van der Waals surface area contributed by atoms with E-state index in [9.17, 15) is 9.59 Å². The smallest absolute Gasteiger partial charge is 0.328 e. The number of carbonyl (C=O) groups is 2. The Morgan fingerprint density at radius 3 is 2.72 bits per heavy atom. The third-order valence-corrected chi connectivity index (χ3v) is 3.09. The van der Waals surface area contributed by atoms with Crippen molar-refractivity contribution in [1.29, 1.82) is 0 Å². The van der Waals surface area contributed by atoms with Gasteiger partial charge in [-0.2, -0.15) is 0 Å². The van der Waals surface area contributed by atoms with Crippen molar-refractivity contribution < 1.29 is 14.7 Å². The fourth-order valence-corrected chi connectivity index (χ4v) is 2.06. The highest BCUT2D eigenvalue weighted by Gasteiger charge is 2.10. The van der Waals surface area contributed by atoms with Gasteiger partial charge < -0.3 is 9.67 Å². The van der Waals surface area contributed by atoms with E-state index in [2.05, 4.69) is 0 Å². The van der Waals surface area contributed by atoms with Gasteiger partial charge in [0.25, 0.3) is 0 Å². The molecular formula is C14H13NO3. The molecule has 1 aromatic carbocycles. The van der Waals surface area contributed by atoms with Crippen LogP contribution >= 0.6 is 0 Å². The number of hydrogen-bond donors (Lipinski definition) is 1. The number of benzene rings is 1. The molecule has 0 atom stereocenters. The van der Waals surface area contributed by atoms with Crippen LogP contribution in [0.5, 0.6) is 0 Å². The molecule has 0 spiro atoms. The first kappa shape index (κ1) is 12.1. The maximum atomic E-state index is 10.8. The molecule has 0 saturated heterocycles. The minimum atomic E-state index is -0.988. The maximum absolute atomic E-state index is 10.8. The second-order valence-corrected chi connectivity index (χ2v) is 4.12. The molecule has 2 aromatic rings. The number of carboxylic acids is 1. The summed E-state index contributed by atoms with van der Waals surface area (Å²) in [6, 6.07) is 5.39. The van der Waals surface area contributed by atoms with E-state index in [4.69, 9.17) is 5.11 Å². The van der Waals surface area contributed by atoms with Crippen molar-refractivity contribution >= 4 is 29.2 Å². The summed E-state index contributed by atoms with van der Waals surface area (Å²) >= 11 is 0. The normalized spacial score (nSPS) is 11.2. The van der Waals surface area contributed by atoms with Gasteiger partial charge in [-0.25, -0.2) is 4.79 Å². The molecule has 1 N–H and O–H groups in total. The summed E-state index contributed by atoms with van der Waals surface area (Å²) in [5.41, 5.74) is 3.35. The van der Waals surface area contributed by atoms with Crippen LogP contribution in [0, 0.1) is 6.92 Å². The van der Waals surface area contributed by atoms with Crippen LogP contribution in [0.2, 0.25) is 0 Å². The Kier molecular flexibility index (Phi) is 3.02. The number of aryl methyl sites for hydroxylation is 1. The fourth-order valence-electron chi connectivity index (χ4n) is 2.06. The van der Waals surface area contributed by atoms with Crippen LogP contribution in [-0.2, 0) is 11.8 Å². The number of nitrogens with zero attached hydrogens (tertiary/aromatic N) is 1. The lowest BCUT2D eigenvalue weighted by Gasteiger charge is -1.97. The first-order chi connectivity index (χ1) is 8.54. The Hall–Kier alpha value is -2.36. The lowest BCUT2D eigenvalue weighted by Crippen LogP contribution is -1.90. The van der Waals surface area contributed by atoms with Gasteiger partial charge in [0, 0.05) is 40.8 Å². The van der Waals surface area contributed by atoms with E-state index in [1.807, 2.05) is 24.6 Å². The highest BCUT2D eigenvalue weighted by molar-refractivity contribution is 5.97. The van der Waals surface area contributed by atoms with Crippen molar-refractivity contribution in [3.8, 4) is 0 Å². The minimum Gasteiger partial charge on any atom is -0.478 e. The van der Waals surface area contributed by atoms with E-state index < -0.39 is 5.97 Å². The van der Waals surface area contributed by atoms with Gasteiger partial charge >= 0.3 is 5.97 Å². The number of fused-ring (bicyclic) bond motifs is 1. The minimum absolute atomic E-state index is 0.582. The zero-order valence-electron chi connectivity index (χ0n) is 10.2. The molecule has 0 bridgehead atoms. The topological polar surface area (TPSA) is 59.3 Å². The third-order valence-electron chi connectivity index (χ3n) is 3.09. The summed E-state index contributed by atoms with van der Waals surface area (Å²) in [6.45, 7) is 1.92. The van der Waals surface area contributed by atoms with E-state index in [0.717, 1.165) is 34.5 Å². The Bertz CT molecular complexity index is 665. The zero-order valence-corrected chi connectivity index (χ0v) is 10.2. The van der Waals surface area contributed by atoms with E-state index in [1.165, 1.54) is 0 Å². The molecule has 0 radical (unpaired) electrons. The van der Waals surface area contributed by atoms with Gasteiger partial charge in [0.1, 0.15) is 6.29 Å². The van der Waals surface area contributed by atoms with Crippen molar-refractivity contribution in [2.75, 3.05) is 0 Å². The van der Waals surface area contributed by atoms with Gasteiger partial charge in [0.2, 0.25) is 0 Å². The molecule has 0 fully saturated rings. The molecule has 0 amide bonds. The van der Waals surface area contributed by atoms with Gasteiger partial charge in [-0.15, -0.1) is 0 Å². The molecule has 4 nitrogen and oxygen atoms in total. The molecular weight excluding hydrogens is 230 g/mol. The number of aliphatic carboxylic acids is 1. The Labute approximate surface area is 104 Å². The number of aldehydes is 1. The molecule has 0 aliphatic rings. The Balaban J connectivity index is 2.73. The number of aromatic nitrogens is 1. The molecule has 1 aromatic heterocycles. The SMILES string of the molecule is Cc1c(/C=C/C(=O)O)c2cc(C=O)ccc2n1C. The van der Waals surface area contributed by atoms with E-state index in [-0.39, 0.29) is 0 Å². The number of hydrogen-bond acceptors (Lipinski definition) is 2. The predicted molar refractivity (Wildman–Crippen MR) is 69.7 cm³/mol. The second kappa shape index (κ2) is 4.49. The van der Waals surface area contributed by atoms with Gasteiger partial charge in [0.15, 0.2) is 0 Å². The van der Waals surface area contributed by atoms with Crippen LogP contribution < -0.4 is 0 Å². The first-order valence-corrected chi connectivity index (χ1v) is 5.50. The zero-order chi connectivity index (χ0) is 13.3. The predicted octanol–water partition coefficient (Wildman–Crippen LogP) is 2.40. The summed E-state index contributed by atoms with van der Waals surface area (Å²) in [6.07, 6.45) is 3.45. The van der Waals surface area contributed by atoms with Crippen LogP contribution in [0.1, 0.15) is 21.6 Å².